The molecule has 0 amide bonds. The second-order valence-electron chi connectivity index (χ2n) is 6.31. The first-order chi connectivity index (χ1) is 13.9. The number of aliphatic hydroxyl groups excluding tert-OH is 1. The molecule has 2 aromatic rings. The smallest absolute Gasteiger partial charge is 0.423 e. The lowest BCUT2D eigenvalue weighted by atomic mass is 10.1. The van der Waals surface area contributed by atoms with Crippen molar-refractivity contribution in [2.75, 3.05) is 18.5 Å². The Morgan fingerprint density at radius 3 is 2.67 bits per heavy atom. The summed E-state index contributed by atoms with van der Waals surface area (Å²) in [4.78, 5) is 6.67. The summed E-state index contributed by atoms with van der Waals surface area (Å²) in [7, 11) is -4.14. The lowest BCUT2D eigenvalue weighted by Crippen LogP contribution is -2.41. The molecule has 1 aliphatic rings. The molecule has 2 heterocycles. The van der Waals surface area contributed by atoms with Crippen LogP contribution in [-0.2, 0) is 20.9 Å². The Bertz CT molecular complexity index is 1030. The van der Waals surface area contributed by atoms with Crippen LogP contribution >= 0.6 is 0 Å². The molecule has 30 heavy (non-hydrogen) atoms. The number of nitrogens with one attached hydrogen (secondary N) is 1. The average molecular weight is 452 g/mol. The molecular weight excluding hydrogens is 436 g/mol. The highest BCUT2D eigenvalue weighted by Gasteiger charge is 2.38. The van der Waals surface area contributed by atoms with Crippen LogP contribution in [0.25, 0.3) is 0 Å². The van der Waals surface area contributed by atoms with Gasteiger partial charge in [-0.3, -0.25) is 0 Å². The number of benzene rings is 1. The Labute approximate surface area is 167 Å². The minimum absolute atomic E-state index is 0.107. The maximum absolute atomic E-state index is 14.2. The van der Waals surface area contributed by atoms with Crippen LogP contribution in [0.3, 0.4) is 0 Å². The van der Waals surface area contributed by atoms with Gasteiger partial charge in [0.15, 0.2) is 0 Å². The van der Waals surface area contributed by atoms with Crippen molar-refractivity contribution >= 4 is 21.7 Å². The molecule has 0 spiro atoms. The number of primary sulfonamides is 1. The number of ether oxygens (including phenoxy) is 2. The molecule has 0 saturated carbocycles. The van der Waals surface area contributed by atoms with Crippen LogP contribution in [0.2, 0.25) is 0 Å². The highest BCUT2D eigenvalue weighted by atomic mass is 32.2. The Morgan fingerprint density at radius 1 is 1.33 bits per heavy atom. The van der Waals surface area contributed by atoms with E-state index in [-0.39, 0.29) is 25.3 Å². The number of hydrogen-bond acceptors (Lipinski definition) is 8. The molecule has 2 atom stereocenters. The second-order valence-corrected chi connectivity index (χ2v) is 7.87. The maximum Gasteiger partial charge on any atom is 0.423 e. The van der Waals surface area contributed by atoms with E-state index in [0.717, 1.165) is 12.1 Å². The summed E-state index contributed by atoms with van der Waals surface area (Å²) < 4.78 is 86.8. The first-order valence-electron chi connectivity index (χ1n) is 8.41. The number of aromatic nitrogens is 2. The van der Waals surface area contributed by atoms with Gasteiger partial charge in [-0.05, 0) is 18.2 Å². The van der Waals surface area contributed by atoms with Crippen molar-refractivity contribution < 1.29 is 40.6 Å². The summed E-state index contributed by atoms with van der Waals surface area (Å²) in [5.41, 5.74) is -1.59. The van der Waals surface area contributed by atoms with Gasteiger partial charge in [0.1, 0.15) is 23.6 Å². The van der Waals surface area contributed by atoms with Gasteiger partial charge in [-0.2, -0.15) is 18.2 Å². The van der Waals surface area contributed by atoms with E-state index in [2.05, 4.69) is 15.3 Å². The number of aliphatic hydroxyl groups is 1. The number of hydrogen-bond donors (Lipinski definition) is 3. The molecule has 0 unspecified atom stereocenters. The molecule has 0 bridgehead atoms. The topological polar surface area (TPSA) is 137 Å². The monoisotopic (exact) mass is 452 g/mol. The SMILES string of the molecule is NS(=O)(=O)c1ccc(Nc2ncc(C(F)(F)F)c(O[C@@H]3CCOC[C@@H]3O)n2)c(F)c1. The summed E-state index contributed by atoms with van der Waals surface area (Å²) in [5.74, 6) is -2.35. The van der Waals surface area contributed by atoms with Gasteiger partial charge < -0.3 is 19.9 Å². The number of anilines is 2. The third kappa shape index (κ3) is 5.13. The van der Waals surface area contributed by atoms with Crippen LogP contribution in [0.15, 0.2) is 29.3 Å². The van der Waals surface area contributed by atoms with Gasteiger partial charge in [-0.15, -0.1) is 0 Å². The number of nitrogens with zero attached hydrogens (tertiary/aromatic N) is 2. The minimum atomic E-state index is -4.84. The number of sulfonamides is 1. The molecular formula is C16H16F4N4O5S. The second kappa shape index (κ2) is 8.29. The van der Waals surface area contributed by atoms with Gasteiger partial charge in [0.05, 0.1) is 23.8 Å². The Kier molecular flexibility index (Phi) is 6.12. The van der Waals surface area contributed by atoms with Gasteiger partial charge in [0.25, 0.3) is 0 Å². The van der Waals surface area contributed by atoms with Crippen LogP contribution in [0.1, 0.15) is 12.0 Å². The van der Waals surface area contributed by atoms with E-state index in [1.165, 1.54) is 0 Å². The van der Waals surface area contributed by atoms with E-state index >= 15 is 0 Å². The third-order valence-corrected chi connectivity index (χ3v) is 5.01. The summed E-state index contributed by atoms with van der Waals surface area (Å²) in [6.45, 7) is 0.0741. The van der Waals surface area contributed by atoms with E-state index in [9.17, 15) is 31.1 Å². The van der Waals surface area contributed by atoms with Gasteiger partial charge in [0.2, 0.25) is 21.9 Å². The van der Waals surface area contributed by atoms with Crippen molar-refractivity contribution in [3.05, 3.63) is 35.8 Å². The van der Waals surface area contributed by atoms with Gasteiger partial charge in [-0.1, -0.05) is 0 Å². The Hall–Kier alpha value is -2.55. The van der Waals surface area contributed by atoms with Crippen LogP contribution in [-0.4, -0.2) is 48.9 Å². The first kappa shape index (κ1) is 22.1. The molecule has 4 N–H and O–H groups in total. The quantitative estimate of drug-likeness (QED) is 0.582. The number of nitrogens with two attached hydrogens (primary N) is 1. The van der Waals surface area contributed by atoms with E-state index in [0.29, 0.717) is 12.3 Å². The lowest BCUT2D eigenvalue weighted by Gasteiger charge is -2.28. The summed E-state index contributed by atoms with van der Waals surface area (Å²) in [6, 6.07) is 2.65. The standard InChI is InChI=1S/C16H16F4N4O5S/c17-10-5-8(30(21,26)27)1-2-11(10)23-15-22-6-9(16(18,19)20)14(24-15)29-13-3-4-28-7-12(13)25/h1-2,5-6,12-13,25H,3-4,7H2,(H2,21,26,27)(H,22,23,24)/t12-,13+/m0/s1. The fourth-order valence-electron chi connectivity index (χ4n) is 2.59. The molecule has 9 nitrogen and oxygen atoms in total. The van der Waals surface area contributed by atoms with Crippen molar-refractivity contribution in [2.24, 2.45) is 5.14 Å². The molecule has 0 radical (unpaired) electrons. The molecule has 0 aliphatic carbocycles. The zero-order valence-corrected chi connectivity index (χ0v) is 15.9. The van der Waals surface area contributed by atoms with Crippen molar-refractivity contribution in [2.45, 2.75) is 29.7 Å². The molecule has 164 valence electrons. The summed E-state index contributed by atoms with van der Waals surface area (Å²) >= 11 is 0. The molecule has 1 aromatic carbocycles. The van der Waals surface area contributed by atoms with Crippen molar-refractivity contribution in [1.29, 1.82) is 0 Å². The lowest BCUT2D eigenvalue weighted by molar-refractivity contribution is -0.141. The zero-order chi connectivity index (χ0) is 22.1. The third-order valence-electron chi connectivity index (χ3n) is 4.10. The number of alkyl halides is 3. The first-order valence-corrected chi connectivity index (χ1v) is 9.96. The summed E-state index contributed by atoms with van der Waals surface area (Å²) in [5, 5.41) is 17.1. The normalized spacial score (nSPS) is 20.1. The van der Waals surface area contributed by atoms with Crippen LogP contribution < -0.4 is 15.2 Å². The maximum atomic E-state index is 14.2. The van der Waals surface area contributed by atoms with E-state index in [4.69, 9.17) is 14.6 Å². The molecule has 1 aromatic heterocycles. The van der Waals surface area contributed by atoms with E-state index in [1.807, 2.05) is 0 Å². The predicted molar refractivity (Wildman–Crippen MR) is 93.9 cm³/mol. The molecule has 1 aliphatic heterocycles. The zero-order valence-electron chi connectivity index (χ0n) is 15.1. The van der Waals surface area contributed by atoms with Crippen LogP contribution in [0, 0.1) is 5.82 Å². The predicted octanol–water partition coefficient (Wildman–Crippen LogP) is 1.55. The van der Waals surface area contributed by atoms with Crippen molar-refractivity contribution in [3.63, 3.8) is 0 Å². The van der Waals surface area contributed by atoms with E-state index in [1.54, 1.807) is 0 Å². The summed E-state index contributed by atoms with van der Waals surface area (Å²) in [6.07, 6.45) is -6.41. The van der Waals surface area contributed by atoms with Gasteiger partial charge >= 0.3 is 6.18 Å². The van der Waals surface area contributed by atoms with Crippen LogP contribution in [0.4, 0.5) is 29.2 Å². The number of rotatable bonds is 5. The van der Waals surface area contributed by atoms with Crippen molar-refractivity contribution in [3.8, 4) is 5.88 Å². The minimum Gasteiger partial charge on any atom is -0.471 e. The van der Waals surface area contributed by atoms with E-state index < -0.39 is 56.5 Å². The average Bonchev–Trinajstić information content (AvgIpc) is 2.64. The van der Waals surface area contributed by atoms with Crippen LogP contribution in [0.5, 0.6) is 5.88 Å². The highest BCUT2D eigenvalue weighted by Crippen LogP contribution is 2.36. The fourth-order valence-corrected chi connectivity index (χ4v) is 3.11. The molecule has 1 saturated heterocycles. The molecule has 1 fully saturated rings. The largest absolute Gasteiger partial charge is 0.471 e. The Morgan fingerprint density at radius 2 is 2.07 bits per heavy atom. The molecule has 3 rings (SSSR count). The highest BCUT2D eigenvalue weighted by molar-refractivity contribution is 7.89. The van der Waals surface area contributed by atoms with Gasteiger partial charge in [-0.25, -0.2) is 22.9 Å². The molecule has 14 heteroatoms. The Balaban J connectivity index is 1.91. The number of halogens is 4. The fraction of sp³-hybridized carbons (Fsp3) is 0.375. The van der Waals surface area contributed by atoms with Crippen molar-refractivity contribution in [1.82, 2.24) is 9.97 Å². The van der Waals surface area contributed by atoms with Gasteiger partial charge in [0, 0.05) is 12.6 Å².